The summed E-state index contributed by atoms with van der Waals surface area (Å²) in [4.78, 5) is 13.6. The molecule has 398 valence electrons. The van der Waals surface area contributed by atoms with Gasteiger partial charge in [0.15, 0.2) is 24.7 Å². The topological polar surface area (TPSA) is 254 Å². The molecule has 8 N–H and O–H groups in total. The molecular weight excluding hydrogens is 923 g/mol. The highest BCUT2D eigenvalue weighted by Gasteiger charge is 2.69. The third-order valence-electron chi connectivity index (χ3n) is 19.3. The molecule has 3 saturated carbocycles. The Morgan fingerprint density at radius 2 is 1.39 bits per heavy atom. The van der Waals surface area contributed by atoms with Gasteiger partial charge in [-0.1, -0.05) is 39.3 Å². The summed E-state index contributed by atoms with van der Waals surface area (Å²) in [6.45, 7) is 13.1. The number of benzene rings is 1. The van der Waals surface area contributed by atoms with E-state index >= 15 is 0 Å². The van der Waals surface area contributed by atoms with Crippen LogP contribution >= 0.6 is 0 Å². The van der Waals surface area contributed by atoms with E-state index in [-0.39, 0.29) is 23.5 Å². The molecule has 1 amide bonds. The van der Waals surface area contributed by atoms with Crippen molar-refractivity contribution in [2.24, 2.45) is 46.3 Å². The summed E-state index contributed by atoms with van der Waals surface area (Å²) < 4.78 is 56.7. The molecule has 1 aromatic carbocycles. The molecule has 10 rings (SSSR count). The minimum Gasteiger partial charge on any atom is -0.497 e. The standard InChI is InChI=1S/C53H79NO17/c1-24-14-19-53(64-23-24)25(2)37-35(71-53)21-34-32-13-10-29-20-31(15-17-51(29,5)33(32)16-18-52(34,37)6)67-50-46(70-49-43(60)41(58)39(56)27(4)66-49)44(61)45(69-48-42(59)40(57)38(55)26(3)65-48)36(68-50)22-54-47(62)28-8-11-30(63-7)12-9-28/h8-12,24-27,31-46,48-50,55-61H,13-23H2,1-7H3,(H,54,62)/t24-,25+,26-,27-,31+,32-,33+,34+,35+,36-,37+,38-,39-,40+,41+,42+,43+,44+,45-,46-,48-,49-,50-,51+,52+,53-/m1/s1. The van der Waals surface area contributed by atoms with Gasteiger partial charge in [-0.25, -0.2) is 0 Å². The first kappa shape index (κ1) is 52.1. The summed E-state index contributed by atoms with van der Waals surface area (Å²) >= 11 is 0. The monoisotopic (exact) mass is 1000 g/mol. The SMILES string of the molecule is COc1ccc(C(=O)NC[C@H]2O[C@@H](O[C@H]3CC[C@@]4(C)C(=CC[C@H]5[C@@H]6C[C@@H]7O[C@]8(CC[C@@H](C)CO8)[C@@H](C)[C@@H]7[C@@]6(C)CC[C@@H]54)C3)[C@H](O[C@H]3O[C@H](C)[C@@H](O)[C@H](O)[C@@H]3O)[C@@H](O)[C@@H]2O[C@H]2O[C@H](C)[C@@H](O)[C@H](O)[C@@H]2O)cc1. The number of carbonyl (C=O) groups excluding carboxylic acids is 1. The zero-order valence-corrected chi connectivity index (χ0v) is 42.2. The molecule has 1 aromatic rings. The summed E-state index contributed by atoms with van der Waals surface area (Å²) in [7, 11) is 1.52. The first-order valence-electron chi connectivity index (χ1n) is 26.4. The van der Waals surface area contributed by atoms with Crippen molar-refractivity contribution in [3.8, 4) is 5.75 Å². The van der Waals surface area contributed by atoms with Crippen molar-refractivity contribution < 1.29 is 83.2 Å². The molecule has 0 radical (unpaired) electrons. The fraction of sp³-hybridized carbons (Fsp3) is 0.830. The van der Waals surface area contributed by atoms with Crippen LogP contribution in [0.25, 0.3) is 0 Å². The molecule has 71 heavy (non-hydrogen) atoms. The van der Waals surface area contributed by atoms with E-state index in [9.17, 15) is 40.5 Å². The highest BCUT2D eigenvalue weighted by Crippen LogP contribution is 2.70. The second kappa shape index (κ2) is 20.0. The normalized spacial score (nSPS) is 51.6. The minimum atomic E-state index is -1.76. The molecule has 18 heteroatoms. The molecular formula is C53H79NO17. The van der Waals surface area contributed by atoms with Gasteiger partial charge in [-0.05, 0) is 130 Å². The number of carbonyl (C=O) groups is 1. The second-order valence-corrected chi connectivity index (χ2v) is 23.3. The molecule has 18 nitrogen and oxygen atoms in total. The van der Waals surface area contributed by atoms with E-state index in [4.69, 9.17) is 42.6 Å². The molecule has 4 aliphatic carbocycles. The molecule has 26 atom stereocenters. The van der Waals surface area contributed by atoms with Crippen LogP contribution in [0.2, 0.25) is 0 Å². The molecule has 9 aliphatic rings. The van der Waals surface area contributed by atoms with Crippen molar-refractivity contribution >= 4 is 5.91 Å². The lowest BCUT2D eigenvalue weighted by Crippen LogP contribution is -2.67. The number of rotatable bonds is 10. The second-order valence-electron chi connectivity index (χ2n) is 23.3. The first-order chi connectivity index (χ1) is 33.8. The number of ether oxygens (including phenoxy) is 9. The number of methoxy groups -OCH3 is 1. The Hall–Kier alpha value is -2.37. The fourth-order valence-corrected chi connectivity index (χ4v) is 15.0. The molecule has 0 unspecified atom stereocenters. The van der Waals surface area contributed by atoms with Crippen LogP contribution in [0, 0.1) is 46.3 Å². The van der Waals surface area contributed by atoms with Crippen LogP contribution in [0.1, 0.15) is 110 Å². The van der Waals surface area contributed by atoms with Gasteiger partial charge in [0.25, 0.3) is 5.91 Å². The lowest BCUT2D eigenvalue weighted by Gasteiger charge is -2.59. The third kappa shape index (κ3) is 9.13. The van der Waals surface area contributed by atoms with E-state index < -0.39 is 110 Å². The van der Waals surface area contributed by atoms with Gasteiger partial charge in [0.05, 0.1) is 38.1 Å². The third-order valence-corrected chi connectivity index (χ3v) is 19.3. The van der Waals surface area contributed by atoms with Crippen LogP contribution in [-0.4, -0.2) is 172 Å². The number of aliphatic hydroxyl groups is 7. The Morgan fingerprint density at radius 3 is 2.03 bits per heavy atom. The smallest absolute Gasteiger partial charge is 0.251 e. The van der Waals surface area contributed by atoms with Gasteiger partial charge in [-0.3, -0.25) is 4.79 Å². The average Bonchev–Trinajstić information content (AvgIpc) is 3.81. The summed E-state index contributed by atoms with van der Waals surface area (Å²) in [5.41, 5.74) is 1.76. The lowest BCUT2D eigenvalue weighted by atomic mass is 9.47. The van der Waals surface area contributed by atoms with Crippen molar-refractivity contribution in [2.75, 3.05) is 20.3 Å². The van der Waals surface area contributed by atoms with Gasteiger partial charge in [-0.2, -0.15) is 0 Å². The minimum absolute atomic E-state index is 0.0581. The summed E-state index contributed by atoms with van der Waals surface area (Å²) in [5.74, 6) is 2.56. The number of hydrogen-bond donors (Lipinski definition) is 8. The highest BCUT2D eigenvalue weighted by atomic mass is 16.8. The van der Waals surface area contributed by atoms with Crippen LogP contribution in [0.5, 0.6) is 5.75 Å². The number of hydrogen-bond acceptors (Lipinski definition) is 17. The Morgan fingerprint density at radius 1 is 0.732 bits per heavy atom. The van der Waals surface area contributed by atoms with Crippen LogP contribution in [0.4, 0.5) is 0 Å². The molecule has 5 aliphatic heterocycles. The first-order valence-corrected chi connectivity index (χ1v) is 26.4. The van der Waals surface area contributed by atoms with Crippen LogP contribution in [0.3, 0.4) is 0 Å². The Kier molecular flexibility index (Phi) is 14.6. The van der Waals surface area contributed by atoms with Crippen molar-refractivity contribution in [2.45, 2.75) is 209 Å². The maximum absolute atomic E-state index is 13.6. The predicted octanol–water partition coefficient (Wildman–Crippen LogP) is 2.69. The molecule has 8 fully saturated rings. The van der Waals surface area contributed by atoms with Gasteiger partial charge in [0, 0.05) is 24.4 Å². The van der Waals surface area contributed by atoms with Crippen LogP contribution in [0.15, 0.2) is 35.9 Å². The number of amides is 1. The lowest BCUT2D eigenvalue weighted by molar-refractivity contribution is -0.386. The molecule has 0 aromatic heterocycles. The number of nitrogens with one attached hydrogen (secondary N) is 1. The molecule has 0 bridgehead atoms. The zero-order valence-electron chi connectivity index (χ0n) is 42.2. The van der Waals surface area contributed by atoms with Crippen molar-refractivity contribution in [3.05, 3.63) is 41.5 Å². The van der Waals surface area contributed by atoms with Gasteiger partial charge in [0.2, 0.25) is 0 Å². The van der Waals surface area contributed by atoms with Crippen LogP contribution in [-0.2, 0) is 37.9 Å². The van der Waals surface area contributed by atoms with Gasteiger partial charge >= 0.3 is 0 Å². The van der Waals surface area contributed by atoms with E-state index in [1.54, 1.807) is 24.3 Å². The van der Waals surface area contributed by atoms with Gasteiger partial charge < -0.3 is 83.7 Å². The number of aliphatic hydroxyl groups excluding tert-OH is 7. The number of allylic oxidation sites excluding steroid dienone is 1. The zero-order chi connectivity index (χ0) is 50.5. The van der Waals surface area contributed by atoms with E-state index in [2.05, 4.69) is 39.1 Å². The van der Waals surface area contributed by atoms with Crippen molar-refractivity contribution in [3.63, 3.8) is 0 Å². The van der Waals surface area contributed by atoms with Gasteiger partial charge in [-0.15, -0.1) is 0 Å². The molecule has 5 saturated heterocycles. The summed E-state index contributed by atoms with van der Waals surface area (Å²) in [6.07, 6.45) is -11.2. The van der Waals surface area contributed by atoms with Crippen molar-refractivity contribution in [1.29, 1.82) is 0 Å². The van der Waals surface area contributed by atoms with Crippen LogP contribution < -0.4 is 10.1 Å². The Labute approximate surface area is 416 Å². The quantitative estimate of drug-likeness (QED) is 0.157. The Balaban J connectivity index is 0.896. The molecule has 5 heterocycles. The van der Waals surface area contributed by atoms with E-state index in [1.807, 2.05) is 0 Å². The summed E-state index contributed by atoms with van der Waals surface area (Å²) in [6, 6.07) is 6.48. The van der Waals surface area contributed by atoms with Gasteiger partial charge in [0.1, 0.15) is 66.8 Å². The Bertz CT molecular complexity index is 2070. The van der Waals surface area contributed by atoms with E-state index in [0.717, 1.165) is 51.6 Å². The summed E-state index contributed by atoms with van der Waals surface area (Å²) in [5, 5.41) is 80.1. The van der Waals surface area contributed by atoms with E-state index in [1.165, 1.54) is 26.5 Å². The fourth-order valence-electron chi connectivity index (χ4n) is 15.0. The average molecular weight is 1000 g/mol. The molecule has 1 spiro atoms. The van der Waals surface area contributed by atoms with E-state index in [0.29, 0.717) is 59.7 Å². The maximum Gasteiger partial charge on any atom is 0.251 e. The van der Waals surface area contributed by atoms with Crippen molar-refractivity contribution in [1.82, 2.24) is 5.32 Å². The maximum atomic E-state index is 13.6. The largest absolute Gasteiger partial charge is 0.497 e. The highest BCUT2D eigenvalue weighted by molar-refractivity contribution is 5.94. The predicted molar refractivity (Wildman–Crippen MR) is 251 cm³/mol. The number of fused-ring (bicyclic) bond motifs is 7.